The molecule has 3 heteroatoms. The Balaban J connectivity index is 1.58. The van der Waals surface area contributed by atoms with E-state index in [1.54, 1.807) is 0 Å². The summed E-state index contributed by atoms with van der Waals surface area (Å²) in [5.74, 6) is 2.07. The van der Waals surface area contributed by atoms with Gasteiger partial charge < -0.3 is 9.32 Å². The van der Waals surface area contributed by atoms with Crippen LogP contribution in [-0.4, -0.2) is 31.1 Å². The average molecular weight is 284 g/mol. The summed E-state index contributed by atoms with van der Waals surface area (Å²) in [6.45, 7) is 11.6. The first-order valence-electron chi connectivity index (χ1n) is 7.72. The third kappa shape index (κ3) is 3.30. The smallest absolute Gasteiger partial charge is 0.118 e. The van der Waals surface area contributed by atoms with Gasteiger partial charge in [0, 0.05) is 31.9 Å². The molecule has 1 aliphatic heterocycles. The summed E-state index contributed by atoms with van der Waals surface area (Å²) in [6, 6.07) is 10.9. The van der Waals surface area contributed by atoms with Crippen molar-refractivity contribution < 1.29 is 4.42 Å². The molecule has 0 radical (unpaired) electrons. The van der Waals surface area contributed by atoms with Gasteiger partial charge in [-0.1, -0.05) is 6.07 Å². The highest BCUT2D eigenvalue weighted by atomic mass is 16.3. The van der Waals surface area contributed by atoms with E-state index in [0.29, 0.717) is 0 Å². The Labute approximate surface area is 127 Å². The predicted molar refractivity (Wildman–Crippen MR) is 86.9 cm³/mol. The Morgan fingerprint density at radius 3 is 2.29 bits per heavy atom. The summed E-state index contributed by atoms with van der Waals surface area (Å²) in [5, 5.41) is 0. The van der Waals surface area contributed by atoms with Crippen LogP contribution in [0.15, 0.2) is 34.7 Å². The van der Waals surface area contributed by atoms with Gasteiger partial charge in [-0.2, -0.15) is 0 Å². The van der Waals surface area contributed by atoms with Crippen molar-refractivity contribution in [2.24, 2.45) is 0 Å². The van der Waals surface area contributed by atoms with Crippen molar-refractivity contribution in [3.05, 3.63) is 53.0 Å². The average Bonchev–Trinajstić information content (AvgIpc) is 2.88. The second-order valence-corrected chi connectivity index (χ2v) is 6.04. The van der Waals surface area contributed by atoms with Gasteiger partial charge in [-0.3, -0.25) is 4.90 Å². The lowest BCUT2D eigenvalue weighted by Crippen LogP contribution is -2.45. The van der Waals surface area contributed by atoms with Gasteiger partial charge in [-0.25, -0.2) is 0 Å². The van der Waals surface area contributed by atoms with Crippen LogP contribution in [0.4, 0.5) is 5.69 Å². The Morgan fingerprint density at radius 1 is 0.905 bits per heavy atom. The van der Waals surface area contributed by atoms with Gasteiger partial charge in [0.15, 0.2) is 0 Å². The molecule has 3 nitrogen and oxygen atoms in total. The van der Waals surface area contributed by atoms with Crippen LogP contribution in [0, 0.1) is 20.8 Å². The maximum absolute atomic E-state index is 5.67. The second-order valence-electron chi connectivity index (χ2n) is 6.04. The summed E-state index contributed by atoms with van der Waals surface area (Å²) >= 11 is 0. The molecule has 0 amide bonds. The Hall–Kier alpha value is -1.74. The van der Waals surface area contributed by atoms with Crippen molar-refractivity contribution in [3.8, 4) is 0 Å². The molecule has 0 saturated carbocycles. The maximum atomic E-state index is 5.67. The van der Waals surface area contributed by atoms with Crippen LogP contribution in [0.5, 0.6) is 0 Å². The molecule has 2 heterocycles. The van der Waals surface area contributed by atoms with Crippen molar-refractivity contribution in [1.82, 2.24) is 4.90 Å². The molecule has 1 fully saturated rings. The van der Waals surface area contributed by atoms with Crippen molar-refractivity contribution in [2.45, 2.75) is 27.3 Å². The summed E-state index contributed by atoms with van der Waals surface area (Å²) in [4.78, 5) is 4.95. The number of aryl methyl sites for hydroxylation is 3. The van der Waals surface area contributed by atoms with Gasteiger partial charge in [0.25, 0.3) is 0 Å². The highest BCUT2D eigenvalue weighted by molar-refractivity contribution is 5.51. The van der Waals surface area contributed by atoms with E-state index in [4.69, 9.17) is 4.42 Å². The molecule has 0 bridgehead atoms. The standard InChI is InChI=1S/C18H24N2O/c1-14-4-6-17(12-15(14)2)20-10-8-19(9-11-20)13-18-7-5-16(3)21-18/h4-7,12H,8-11,13H2,1-3H3. The number of hydrogen-bond donors (Lipinski definition) is 0. The van der Waals surface area contributed by atoms with Crippen LogP contribution in [0.25, 0.3) is 0 Å². The Bertz CT molecular complexity index is 609. The van der Waals surface area contributed by atoms with Gasteiger partial charge in [-0.05, 0) is 56.2 Å². The first kappa shape index (κ1) is 14.2. The fourth-order valence-electron chi connectivity index (χ4n) is 2.88. The minimum atomic E-state index is 0.925. The van der Waals surface area contributed by atoms with Crippen molar-refractivity contribution in [1.29, 1.82) is 0 Å². The minimum Gasteiger partial charge on any atom is -0.465 e. The number of piperazine rings is 1. The molecule has 1 aromatic carbocycles. The second kappa shape index (κ2) is 5.94. The number of anilines is 1. The lowest BCUT2D eigenvalue weighted by molar-refractivity contribution is 0.229. The van der Waals surface area contributed by atoms with Crippen LogP contribution in [0.1, 0.15) is 22.6 Å². The number of hydrogen-bond acceptors (Lipinski definition) is 3. The van der Waals surface area contributed by atoms with Crippen LogP contribution < -0.4 is 4.90 Å². The molecule has 3 rings (SSSR count). The van der Waals surface area contributed by atoms with Gasteiger partial charge in [0.1, 0.15) is 11.5 Å². The molecular weight excluding hydrogens is 260 g/mol. The minimum absolute atomic E-state index is 0.925. The lowest BCUT2D eigenvalue weighted by atomic mass is 10.1. The van der Waals surface area contributed by atoms with E-state index in [-0.39, 0.29) is 0 Å². The normalized spacial score (nSPS) is 16.4. The molecule has 0 unspecified atom stereocenters. The number of benzene rings is 1. The van der Waals surface area contributed by atoms with Crippen LogP contribution >= 0.6 is 0 Å². The van der Waals surface area contributed by atoms with Gasteiger partial charge in [-0.15, -0.1) is 0 Å². The van der Waals surface area contributed by atoms with E-state index in [1.807, 2.05) is 13.0 Å². The molecule has 1 aromatic heterocycles. The van der Waals surface area contributed by atoms with Crippen molar-refractivity contribution in [2.75, 3.05) is 31.1 Å². The zero-order chi connectivity index (χ0) is 14.8. The molecule has 0 aliphatic carbocycles. The summed E-state index contributed by atoms with van der Waals surface area (Å²) in [5.41, 5.74) is 4.10. The summed E-state index contributed by atoms with van der Waals surface area (Å²) < 4.78 is 5.67. The SMILES string of the molecule is Cc1ccc(CN2CCN(c3ccc(C)c(C)c3)CC2)o1. The van der Waals surface area contributed by atoms with Crippen LogP contribution in [0.2, 0.25) is 0 Å². The van der Waals surface area contributed by atoms with Gasteiger partial charge in [0.2, 0.25) is 0 Å². The van der Waals surface area contributed by atoms with Gasteiger partial charge >= 0.3 is 0 Å². The molecule has 1 saturated heterocycles. The highest BCUT2D eigenvalue weighted by Crippen LogP contribution is 2.21. The number of furan rings is 1. The highest BCUT2D eigenvalue weighted by Gasteiger charge is 2.18. The van der Waals surface area contributed by atoms with E-state index >= 15 is 0 Å². The quantitative estimate of drug-likeness (QED) is 0.859. The molecule has 1 aliphatic rings. The third-order valence-corrected chi connectivity index (χ3v) is 4.40. The number of nitrogens with zero attached hydrogens (tertiary/aromatic N) is 2. The lowest BCUT2D eigenvalue weighted by Gasteiger charge is -2.36. The van der Waals surface area contributed by atoms with Crippen molar-refractivity contribution >= 4 is 5.69 Å². The summed E-state index contributed by atoms with van der Waals surface area (Å²) in [6.07, 6.45) is 0. The van der Waals surface area contributed by atoms with Gasteiger partial charge in [0.05, 0.1) is 6.54 Å². The van der Waals surface area contributed by atoms with Crippen LogP contribution in [0.3, 0.4) is 0 Å². The van der Waals surface area contributed by atoms with E-state index in [0.717, 1.165) is 44.2 Å². The van der Waals surface area contributed by atoms with Crippen LogP contribution in [-0.2, 0) is 6.54 Å². The molecule has 0 N–H and O–H groups in total. The maximum Gasteiger partial charge on any atom is 0.118 e. The Morgan fingerprint density at radius 2 is 1.67 bits per heavy atom. The predicted octanol–water partition coefficient (Wildman–Crippen LogP) is 3.53. The fraction of sp³-hybridized carbons (Fsp3) is 0.444. The monoisotopic (exact) mass is 284 g/mol. The first-order chi connectivity index (χ1) is 10.1. The van der Waals surface area contributed by atoms with E-state index < -0.39 is 0 Å². The molecular formula is C18H24N2O. The van der Waals surface area contributed by atoms with E-state index in [1.165, 1.54) is 16.8 Å². The van der Waals surface area contributed by atoms with Crippen molar-refractivity contribution in [3.63, 3.8) is 0 Å². The molecule has 112 valence electrons. The van der Waals surface area contributed by atoms with E-state index in [9.17, 15) is 0 Å². The molecule has 0 spiro atoms. The zero-order valence-electron chi connectivity index (χ0n) is 13.2. The molecule has 0 atom stereocenters. The topological polar surface area (TPSA) is 19.6 Å². The first-order valence-corrected chi connectivity index (χ1v) is 7.72. The molecule has 2 aromatic rings. The third-order valence-electron chi connectivity index (χ3n) is 4.40. The summed E-state index contributed by atoms with van der Waals surface area (Å²) in [7, 11) is 0. The number of rotatable bonds is 3. The zero-order valence-corrected chi connectivity index (χ0v) is 13.2. The largest absolute Gasteiger partial charge is 0.465 e. The Kier molecular flexibility index (Phi) is 4.02. The fourth-order valence-corrected chi connectivity index (χ4v) is 2.88. The molecule has 21 heavy (non-hydrogen) atoms. The van der Waals surface area contributed by atoms with E-state index in [2.05, 4.69) is 47.9 Å².